The second-order valence-electron chi connectivity index (χ2n) is 3.32. The van der Waals surface area contributed by atoms with E-state index in [4.69, 9.17) is 6.42 Å². The first-order chi connectivity index (χ1) is 5.87. The van der Waals surface area contributed by atoms with Gasteiger partial charge >= 0.3 is 0 Å². The molecule has 1 fully saturated rings. The maximum Gasteiger partial charge on any atom is 0.0575 e. The number of nitrogens with zero attached hydrogens (tertiary/aromatic N) is 1. The molecule has 0 saturated heterocycles. The van der Waals surface area contributed by atoms with Gasteiger partial charge in [0.15, 0.2) is 0 Å². The van der Waals surface area contributed by atoms with Crippen molar-refractivity contribution < 1.29 is 0 Å². The van der Waals surface area contributed by atoms with Crippen LogP contribution in [0.5, 0.6) is 0 Å². The van der Waals surface area contributed by atoms with Gasteiger partial charge in [0.05, 0.1) is 5.41 Å². The third-order valence-corrected chi connectivity index (χ3v) is 2.70. The molecule has 1 aliphatic rings. The Balaban J connectivity index is 2.36. The lowest BCUT2D eigenvalue weighted by atomic mass is 9.65. The molecule has 1 aliphatic carbocycles. The molecule has 1 heteroatoms. The van der Waals surface area contributed by atoms with E-state index in [2.05, 4.69) is 17.0 Å². The minimum Gasteiger partial charge on any atom is -0.264 e. The standard InChI is InChI=1S/C11H11N/c1-2-11(6-4-7-11)10-5-3-8-12-9-10/h1,3,5,8-9H,4,6-7H2. The van der Waals surface area contributed by atoms with Gasteiger partial charge in [0.25, 0.3) is 0 Å². The van der Waals surface area contributed by atoms with E-state index in [0.29, 0.717) is 0 Å². The maximum atomic E-state index is 5.52. The fraction of sp³-hybridized carbons (Fsp3) is 0.364. The van der Waals surface area contributed by atoms with Gasteiger partial charge < -0.3 is 0 Å². The molecule has 1 saturated carbocycles. The molecule has 0 spiro atoms. The zero-order valence-electron chi connectivity index (χ0n) is 6.96. The first-order valence-electron chi connectivity index (χ1n) is 4.26. The minimum absolute atomic E-state index is 0.0221. The Bertz CT molecular complexity index is 304. The number of hydrogen-bond donors (Lipinski definition) is 0. The molecule has 0 unspecified atom stereocenters. The summed E-state index contributed by atoms with van der Waals surface area (Å²) in [7, 11) is 0. The van der Waals surface area contributed by atoms with Crippen molar-refractivity contribution in [1.29, 1.82) is 0 Å². The highest BCUT2D eigenvalue weighted by Gasteiger charge is 2.36. The van der Waals surface area contributed by atoms with Gasteiger partial charge in [0.2, 0.25) is 0 Å². The Morgan fingerprint density at radius 2 is 2.33 bits per heavy atom. The van der Waals surface area contributed by atoms with Gasteiger partial charge in [-0.25, -0.2) is 0 Å². The third-order valence-electron chi connectivity index (χ3n) is 2.70. The van der Waals surface area contributed by atoms with Crippen LogP contribution >= 0.6 is 0 Å². The van der Waals surface area contributed by atoms with Gasteiger partial charge in [-0.05, 0) is 30.9 Å². The van der Waals surface area contributed by atoms with Crippen LogP contribution in [-0.4, -0.2) is 4.98 Å². The lowest BCUT2D eigenvalue weighted by Gasteiger charge is -2.37. The summed E-state index contributed by atoms with van der Waals surface area (Å²) in [6.45, 7) is 0. The average molecular weight is 157 g/mol. The number of rotatable bonds is 1. The maximum absolute atomic E-state index is 5.52. The number of aromatic nitrogens is 1. The van der Waals surface area contributed by atoms with Gasteiger partial charge in [0.1, 0.15) is 0 Å². The summed E-state index contributed by atoms with van der Waals surface area (Å²) in [5, 5.41) is 0. The second-order valence-corrected chi connectivity index (χ2v) is 3.32. The van der Waals surface area contributed by atoms with Gasteiger partial charge in [-0.1, -0.05) is 12.0 Å². The quantitative estimate of drug-likeness (QED) is 0.569. The van der Waals surface area contributed by atoms with Crippen LogP contribution in [0, 0.1) is 12.3 Å². The molecule has 2 rings (SSSR count). The molecule has 0 bridgehead atoms. The fourth-order valence-electron chi connectivity index (χ4n) is 1.69. The van der Waals surface area contributed by atoms with Crippen LogP contribution in [-0.2, 0) is 5.41 Å². The monoisotopic (exact) mass is 157 g/mol. The van der Waals surface area contributed by atoms with Gasteiger partial charge in [-0.15, -0.1) is 6.42 Å². The van der Waals surface area contributed by atoms with Crippen molar-refractivity contribution in [2.75, 3.05) is 0 Å². The van der Waals surface area contributed by atoms with E-state index in [9.17, 15) is 0 Å². The summed E-state index contributed by atoms with van der Waals surface area (Å²) in [4.78, 5) is 4.09. The van der Waals surface area contributed by atoms with E-state index in [-0.39, 0.29) is 5.41 Å². The Morgan fingerprint density at radius 3 is 2.75 bits per heavy atom. The second kappa shape index (κ2) is 2.64. The zero-order chi connectivity index (χ0) is 8.44. The molecule has 0 atom stereocenters. The van der Waals surface area contributed by atoms with E-state index in [1.54, 1.807) is 6.20 Å². The predicted octanol–water partition coefficient (Wildman–Crippen LogP) is 2.14. The Morgan fingerprint density at radius 1 is 1.50 bits per heavy atom. The summed E-state index contributed by atoms with van der Waals surface area (Å²) < 4.78 is 0. The molecular formula is C11H11N. The fourth-order valence-corrected chi connectivity index (χ4v) is 1.69. The summed E-state index contributed by atoms with van der Waals surface area (Å²) in [5.74, 6) is 2.89. The van der Waals surface area contributed by atoms with Gasteiger partial charge in [-0.3, -0.25) is 4.98 Å². The van der Waals surface area contributed by atoms with E-state index in [1.165, 1.54) is 12.0 Å². The molecule has 1 aromatic rings. The molecule has 1 aromatic heterocycles. The van der Waals surface area contributed by atoms with Crippen molar-refractivity contribution in [1.82, 2.24) is 4.98 Å². The van der Waals surface area contributed by atoms with Crippen molar-refractivity contribution in [3.63, 3.8) is 0 Å². The van der Waals surface area contributed by atoms with E-state index in [0.717, 1.165) is 12.8 Å². The van der Waals surface area contributed by atoms with Crippen LogP contribution in [0.25, 0.3) is 0 Å². The number of hydrogen-bond acceptors (Lipinski definition) is 1. The lowest BCUT2D eigenvalue weighted by molar-refractivity contribution is 0.327. The van der Waals surface area contributed by atoms with E-state index >= 15 is 0 Å². The molecule has 1 heterocycles. The SMILES string of the molecule is C#CC1(c2cccnc2)CCC1. The largest absolute Gasteiger partial charge is 0.264 e. The molecule has 12 heavy (non-hydrogen) atoms. The van der Waals surface area contributed by atoms with E-state index in [1.807, 2.05) is 12.3 Å². The molecule has 60 valence electrons. The smallest absolute Gasteiger partial charge is 0.0575 e. The Kier molecular flexibility index (Phi) is 1.62. The number of terminal acetylenes is 1. The molecular weight excluding hydrogens is 146 g/mol. The summed E-state index contributed by atoms with van der Waals surface area (Å²) in [6.07, 6.45) is 12.7. The van der Waals surface area contributed by atoms with Crippen molar-refractivity contribution in [2.24, 2.45) is 0 Å². The molecule has 1 nitrogen and oxygen atoms in total. The first-order valence-corrected chi connectivity index (χ1v) is 4.26. The third kappa shape index (κ3) is 0.921. The highest BCUT2D eigenvalue weighted by atomic mass is 14.6. The highest BCUT2D eigenvalue weighted by molar-refractivity contribution is 5.34. The van der Waals surface area contributed by atoms with Crippen molar-refractivity contribution in [3.05, 3.63) is 30.1 Å². The van der Waals surface area contributed by atoms with Crippen LogP contribution in [0.2, 0.25) is 0 Å². The zero-order valence-corrected chi connectivity index (χ0v) is 6.96. The summed E-state index contributed by atoms with van der Waals surface area (Å²) >= 11 is 0. The van der Waals surface area contributed by atoms with Crippen LogP contribution in [0.4, 0.5) is 0 Å². The minimum atomic E-state index is 0.0221. The van der Waals surface area contributed by atoms with Crippen molar-refractivity contribution in [2.45, 2.75) is 24.7 Å². The van der Waals surface area contributed by atoms with Crippen molar-refractivity contribution >= 4 is 0 Å². The van der Waals surface area contributed by atoms with Crippen LogP contribution in [0.1, 0.15) is 24.8 Å². The molecule has 0 amide bonds. The van der Waals surface area contributed by atoms with Crippen LogP contribution in [0.15, 0.2) is 24.5 Å². The molecule has 0 N–H and O–H groups in total. The van der Waals surface area contributed by atoms with Crippen LogP contribution < -0.4 is 0 Å². The summed E-state index contributed by atoms with van der Waals surface area (Å²) in [5.41, 5.74) is 1.23. The average Bonchev–Trinajstić information content (AvgIpc) is 2.05. The van der Waals surface area contributed by atoms with E-state index < -0.39 is 0 Å². The van der Waals surface area contributed by atoms with Gasteiger partial charge in [-0.2, -0.15) is 0 Å². The molecule has 0 radical (unpaired) electrons. The summed E-state index contributed by atoms with van der Waals surface area (Å²) in [6, 6.07) is 4.03. The number of pyridine rings is 1. The van der Waals surface area contributed by atoms with Gasteiger partial charge in [0, 0.05) is 12.4 Å². The first kappa shape index (κ1) is 7.36. The lowest BCUT2D eigenvalue weighted by Crippen LogP contribution is -2.32. The molecule has 0 aromatic carbocycles. The normalized spacial score (nSPS) is 19.2. The molecule has 0 aliphatic heterocycles. The van der Waals surface area contributed by atoms with Crippen LogP contribution in [0.3, 0.4) is 0 Å². The Hall–Kier alpha value is -1.29. The Labute approximate surface area is 72.8 Å². The predicted molar refractivity (Wildman–Crippen MR) is 48.6 cm³/mol. The topological polar surface area (TPSA) is 12.9 Å². The van der Waals surface area contributed by atoms with Crippen molar-refractivity contribution in [3.8, 4) is 12.3 Å². The highest BCUT2D eigenvalue weighted by Crippen LogP contribution is 2.42.